The van der Waals surface area contributed by atoms with E-state index in [1.54, 1.807) is 4.31 Å². The number of hydrogen-bond acceptors (Lipinski definition) is 4. The molecule has 2 fully saturated rings. The van der Waals surface area contributed by atoms with E-state index in [1.807, 2.05) is 0 Å². The number of nitrogens with zero attached hydrogens (tertiary/aromatic N) is 1. The topological polar surface area (TPSA) is 58.6 Å². The summed E-state index contributed by atoms with van der Waals surface area (Å²) in [6.45, 7) is 6.54. The maximum Gasteiger partial charge on any atom is 0.211 e. The molecule has 0 spiro atoms. The molecule has 0 bridgehead atoms. The van der Waals surface area contributed by atoms with E-state index in [4.69, 9.17) is 4.74 Å². The summed E-state index contributed by atoms with van der Waals surface area (Å²) in [4.78, 5) is 0. The molecule has 0 amide bonds. The highest BCUT2D eigenvalue weighted by atomic mass is 32.2. The minimum absolute atomic E-state index is 0.359. The Morgan fingerprint density at radius 1 is 1.15 bits per heavy atom. The Hall–Kier alpha value is -0.170. The van der Waals surface area contributed by atoms with E-state index in [-0.39, 0.29) is 0 Å². The fourth-order valence-corrected chi connectivity index (χ4v) is 4.01. The second-order valence-corrected chi connectivity index (χ2v) is 8.46. The van der Waals surface area contributed by atoms with E-state index in [9.17, 15) is 8.42 Å². The van der Waals surface area contributed by atoms with Crippen LogP contribution < -0.4 is 5.32 Å². The molecule has 6 heteroatoms. The first-order chi connectivity index (χ1) is 9.36. The molecule has 0 aromatic heterocycles. The van der Waals surface area contributed by atoms with Crippen molar-refractivity contribution in [2.24, 2.45) is 5.92 Å². The molecule has 1 N–H and O–H groups in total. The zero-order valence-electron chi connectivity index (χ0n) is 12.8. The van der Waals surface area contributed by atoms with Crippen LogP contribution in [-0.4, -0.2) is 56.9 Å². The van der Waals surface area contributed by atoms with Gasteiger partial charge < -0.3 is 10.1 Å². The Morgan fingerprint density at radius 2 is 1.80 bits per heavy atom. The van der Waals surface area contributed by atoms with Gasteiger partial charge in [-0.3, -0.25) is 0 Å². The number of ether oxygens (including phenoxy) is 1. The Labute approximate surface area is 123 Å². The van der Waals surface area contributed by atoms with E-state index < -0.39 is 10.0 Å². The van der Waals surface area contributed by atoms with Crippen molar-refractivity contribution in [2.45, 2.75) is 57.7 Å². The molecule has 2 atom stereocenters. The quantitative estimate of drug-likeness (QED) is 0.848. The van der Waals surface area contributed by atoms with E-state index in [0.29, 0.717) is 37.2 Å². The third-order valence-electron chi connectivity index (χ3n) is 4.45. The van der Waals surface area contributed by atoms with E-state index in [2.05, 4.69) is 19.2 Å². The molecule has 2 unspecified atom stereocenters. The van der Waals surface area contributed by atoms with Crippen LogP contribution in [0.25, 0.3) is 0 Å². The van der Waals surface area contributed by atoms with Crippen LogP contribution in [0.5, 0.6) is 0 Å². The lowest BCUT2D eigenvalue weighted by atomic mass is 9.94. The van der Waals surface area contributed by atoms with Crippen LogP contribution in [0.4, 0.5) is 0 Å². The SMILES string of the molecule is CC(C)C1CC(NC2CCN(S(C)(=O)=O)CC2)CCO1. The van der Waals surface area contributed by atoms with Gasteiger partial charge in [-0.1, -0.05) is 13.8 Å². The lowest BCUT2D eigenvalue weighted by Crippen LogP contribution is -2.50. The van der Waals surface area contributed by atoms with Crippen molar-refractivity contribution in [2.75, 3.05) is 26.0 Å². The summed E-state index contributed by atoms with van der Waals surface area (Å²) in [5.74, 6) is 0.562. The van der Waals surface area contributed by atoms with Crippen LogP contribution in [0.1, 0.15) is 39.5 Å². The van der Waals surface area contributed by atoms with Crippen molar-refractivity contribution in [3.05, 3.63) is 0 Å². The second kappa shape index (κ2) is 6.73. The molecule has 2 aliphatic heterocycles. The van der Waals surface area contributed by atoms with Gasteiger partial charge >= 0.3 is 0 Å². The van der Waals surface area contributed by atoms with Gasteiger partial charge in [-0.2, -0.15) is 0 Å². The van der Waals surface area contributed by atoms with Crippen LogP contribution in [0.2, 0.25) is 0 Å². The predicted octanol–water partition coefficient (Wildman–Crippen LogP) is 1.20. The average Bonchev–Trinajstić information content (AvgIpc) is 2.38. The van der Waals surface area contributed by atoms with Crippen molar-refractivity contribution in [1.29, 1.82) is 0 Å². The van der Waals surface area contributed by atoms with Crippen molar-refractivity contribution in [1.82, 2.24) is 9.62 Å². The smallest absolute Gasteiger partial charge is 0.211 e. The summed E-state index contributed by atoms with van der Waals surface area (Å²) in [5, 5.41) is 3.71. The number of rotatable bonds is 4. The van der Waals surface area contributed by atoms with Gasteiger partial charge in [0.05, 0.1) is 12.4 Å². The molecule has 2 saturated heterocycles. The molecular weight excluding hydrogens is 276 g/mol. The lowest BCUT2D eigenvalue weighted by Gasteiger charge is -2.37. The van der Waals surface area contributed by atoms with Crippen molar-refractivity contribution in [3.8, 4) is 0 Å². The van der Waals surface area contributed by atoms with Crippen molar-refractivity contribution >= 4 is 10.0 Å². The van der Waals surface area contributed by atoms with Gasteiger partial charge in [0.2, 0.25) is 10.0 Å². The number of hydrogen-bond donors (Lipinski definition) is 1. The van der Waals surface area contributed by atoms with Crippen LogP contribution in [0.3, 0.4) is 0 Å². The molecule has 0 radical (unpaired) electrons. The van der Waals surface area contributed by atoms with Gasteiger partial charge in [-0.15, -0.1) is 0 Å². The Balaban J connectivity index is 1.78. The third kappa shape index (κ3) is 4.41. The summed E-state index contributed by atoms with van der Waals surface area (Å²) >= 11 is 0. The molecule has 2 rings (SSSR count). The number of sulfonamides is 1. The molecule has 0 aromatic rings. The first-order valence-electron chi connectivity index (χ1n) is 7.69. The molecule has 2 aliphatic rings. The summed E-state index contributed by atoms with van der Waals surface area (Å²) in [6, 6.07) is 0.967. The van der Waals surface area contributed by atoms with E-state index in [1.165, 1.54) is 6.26 Å². The van der Waals surface area contributed by atoms with Gasteiger partial charge in [0.25, 0.3) is 0 Å². The largest absolute Gasteiger partial charge is 0.378 e. The summed E-state index contributed by atoms with van der Waals surface area (Å²) in [7, 11) is -3.02. The highest BCUT2D eigenvalue weighted by molar-refractivity contribution is 7.88. The lowest BCUT2D eigenvalue weighted by molar-refractivity contribution is -0.0266. The first-order valence-corrected chi connectivity index (χ1v) is 9.54. The fourth-order valence-electron chi connectivity index (χ4n) is 3.13. The highest BCUT2D eigenvalue weighted by Gasteiger charge is 2.29. The fraction of sp³-hybridized carbons (Fsp3) is 1.00. The Morgan fingerprint density at radius 3 is 2.35 bits per heavy atom. The summed E-state index contributed by atoms with van der Waals surface area (Å²) in [6.07, 6.45) is 5.62. The monoisotopic (exact) mass is 304 g/mol. The summed E-state index contributed by atoms with van der Waals surface area (Å²) in [5.41, 5.74) is 0. The van der Waals surface area contributed by atoms with Crippen molar-refractivity contribution in [3.63, 3.8) is 0 Å². The first kappa shape index (κ1) is 16.2. The summed E-state index contributed by atoms with van der Waals surface area (Å²) < 4.78 is 30.4. The van der Waals surface area contributed by atoms with E-state index in [0.717, 1.165) is 32.3 Å². The zero-order valence-corrected chi connectivity index (χ0v) is 13.7. The van der Waals surface area contributed by atoms with Gasteiger partial charge in [0.15, 0.2) is 0 Å². The number of nitrogens with one attached hydrogen (secondary N) is 1. The van der Waals surface area contributed by atoms with Crippen LogP contribution in [0.15, 0.2) is 0 Å². The Kier molecular flexibility index (Phi) is 5.45. The molecule has 0 saturated carbocycles. The molecule has 2 heterocycles. The minimum Gasteiger partial charge on any atom is -0.378 e. The molecule has 0 aromatic carbocycles. The molecule has 118 valence electrons. The second-order valence-electron chi connectivity index (χ2n) is 6.48. The van der Waals surface area contributed by atoms with Gasteiger partial charge in [-0.05, 0) is 31.6 Å². The average molecular weight is 304 g/mol. The van der Waals surface area contributed by atoms with Crippen LogP contribution in [-0.2, 0) is 14.8 Å². The van der Waals surface area contributed by atoms with Crippen LogP contribution >= 0.6 is 0 Å². The number of piperidine rings is 1. The van der Waals surface area contributed by atoms with Gasteiger partial charge in [0.1, 0.15) is 0 Å². The maximum absolute atomic E-state index is 11.5. The highest BCUT2D eigenvalue weighted by Crippen LogP contribution is 2.22. The van der Waals surface area contributed by atoms with Crippen molar-refractivity contribution < 1.29 is 13.2 Å². The molecule has 0 aliphatic carbocycles. The standard InChI is InChI=1S/C14H28N2O3S/c1-11(2)14-10-13(6-9-19-14)15-12-4-7-16(8-5-12)20(3,17)18/h11-15H,4-10H2,1-3H3. The molecular formula is C14H28N2O3S. The predicted molar refractivity (Wildman–Crippen MR) is 80.2 cm³/mol. The normalized spacial score (nSPS) is 30.8. The Bertz CT molecular complexity index is 403. The zero-order chi connectivity index (χ0) is 14.8. The maximum atomic E-state index is 11.5. The third-order valence-corrected chi connectivity index (χ3v) is 5.76. The van der Waals surface area contributed by atoms with Crippen LogP contribution in [0, 0.1) is 5.92 Å². The minimum atomic E-state index is -3.02. The molecule has 20 heavy (non-hydrogen) atoms. The van der Waals surface area contributed by atoms with E-state index >= 15 is 0 Å². The molecule has 5 nitrogen and oxygen atoms in total. The van der Waals surface area contributed by atoms with Gasteiger partial charge in [0, 0.05) is 31.8 Å². The van der Waals surface area contributed by atoms with Gasteiger partial charge in [-0.25, -0.2) is 12.7 Å².